The summed E-state index contributed by atoms with van der Waals surface area (Å²) in [6, 6.07) is 3.57. The van der Waals surface area contributed by atoms with Crippen LogP contribution in [0.2, 0.25) is 0 Å². The number of nitrogens with one attached hydrogen (secondary N) is 1. The molecular weight excluding hydrogens is 278 g/mol. The number of nitrogens with zero attached hydrogens (tertiary/aromatic N) is 4. The maximum Gasteiger partial charge on any atom is 0.209 e. The van der Waals surface area contributed by atoms with E-state index in [2.05, 4.69) is 20.5 Å². The third kappa shape index (κ3) is 3.07. The van der Waals surface area contributed by atoms with Gasteiger partial charge in [0.05, 0.1) is 24.1 Å². The normalized spacial score (nSPS) is 18.5. The summed E-state index contributed by atoms with van der Waals surface area (Å²) < 4.78 is 7.28. The molecule has 1 aliphatic heterocycles. The molecule has 0 spiro atoms. The molecule has 3 heterocycles. The Morgan fingerprint density at radius 2 is 2.55 bits per heavy atom. The Bertz CT molecular complexity index is 562. The molecule has 1 atom stereocenters. The van der Waals surface area contributed by atoms with E-state index < -0.39 is 0 Å². The van der Waals surface area contributed by atoms with Crippen LogP contribution in [-0.4, -0.2) is 49.4 Å². The van der Waals surface area contributed by atoms with Crippen LogP contribution < -0.4 is 0 Å². The number of hydrogen-bond donors (Lipinski definition) is 1. The number of aromatic nitrogens is 5. The number of ether oxygens (including phenoxy) is 1. The average molecular weight is 293 g/mol. The topological polar surface area (TPSA) is 85.7 Å². The van der Waals surface area contributed by atoms with Gasteiger partial charge < -0.3 is 9.72 Å². The molecule has 3 rings (SSSR count). The number of carbonyl (C=O) groups is 1. The third-order valence-corrected chi connectivity index (χ3v) is 4.09. The number of thioether (sulfide) groups is 1. The number of ketones is 1. The predicted octanol–water partition coefficient (Wildman–Crippen LogP) is 1.16. The molecule has 0 bridgehead atoms. The van der Waals surface area contributed by atoms with Crippen molar-refractivity contribution in [3.8, 4) is 0 Å². The first-order valence-electron chi connectivity index (χ1n) is 6.50. The summed E-state index contributed by atoms with van der Waals surface area (Å²) >= 11 is 1.35. The van der Waals surface area contributed by atoms with E-state index in [-0.39, 0.29) is 11.9 Å². The van der Waals surface area contributed by atoms with Crippen molar-refractivity contribution in [2.75, 3.05) is 12.4 Å². The van der Waals surface area contributed by atoms with E-state index >= 15 is 0 Å². The highest BCUT2D eigenvalue weighted by atomic mass is 32.2. The molecule has 0 saturated carbocycles. The van der Waals surface area contributed by atoms with E-state index in [1.807, 2.05) is 0 Å². The fourth-order valence-electron chi connectivity index (χ4n) is 2.11. The predicted molar refractivity (Wildman–Crippen MR) is 72.6 cm³/mol. The van der Waals surface area contributed by atoms with E-state index in [9.17, 15) is 4.79 Å². The van der Waals surface area contributed by atoms with Crippen LogP contribution in [0.1, 0.15) is 23.3 Å². The highest BCUT2D eigenvalue weighted by Gasteiger charge is 2.19. The molecule has 0 radical (unpaired) electrons. The molecule has 106 valence electrons. The summed E-state index contributed by atoms with van der Waals surface area (Å²) in [6.07, 6.45) is 4.03. The van der Waals surface area contributed by atoms with Crippen molar-refractivity contribution in [2.24, 2.45) is 0 Å². The SMILES string of the molecule is O=C(CSc1nnnn1C[C@@H]1CCCO1)c1ccc[nH]1. The van der Waals surface area contributed by atoms with Gasteiger partial charge in [-0.05, 0) is 35.4 Å². The van der Waals surface area contributed by atoms with Crippen molar-refractivity contribution < 1.29 is 9.53 Å². The van der Waals surface area contributed by atoms with Gasteiger partial charge in [-0.25, -0.2) is 4.68 Å². The highest BCUT2D eigenvalue weighted by Crippen LogP contribution is 2.19. The monoisotopic (exact) mass is 293 g/mol. The summed E-state index contributed by atoms with van der Waals surface area (Å²) in [5, 5.41) is 12.2. The van der Waals surface area contributed by atoms with Gasteiger partial charge in [0.1, 0.15) is 0 Å². The Hall–Kier alpha value is -1.67. The zero-order valence-electron chi connectivity index (χ0n) is 10.9. The summed E-state index contributed by atoms with van der Waals surface area (Å²) in [4.78, 5) is 14.8. The average Bonchev–Trinajstić information content (AvgIpc) is 3.20. The number of H-pyrrole nitrogens is 1. The van der Waals surface area contributed by atoms with E-state index in [0.29, 0.717) is 23.1 Å². The number of rotatable bonds is 6. The lowest BCUT2D eigenvalue weighted by Gasteiger charge is -2.09. The highest BCUT2D eigenvalue weighted by molar-refractivity contribution is 7.99. The van der Waals surface area contributed by atoms with Gasteiger partial charge in [-0.1, -0.05) is 11.8 Å². The standard InChI is InChI=1S/C12H15N5O2S/c18-11(10-4-1-5-13-10)8-20-12-14-15-16-17(12)7-9-3-2-6-19-9/h1,4-5,9,13H,2-3,6-8H2/t9-/m0/s1. The van der Waals surface area contributed by atoms with E-state index in [4.69, 9.17) is 4.74 Å². The van der Waals surface area contributed by atoms with Crippen LogP contribution in [-0.2, 0) is 11.3 Å². The Morgan fingerprint density at radius 1 is 1.60 bits per heavy atom. The van der Waals surface area contributed by atoms with Crippen LogP contribution in [0.25, 0.3) is 0 Å². The lowest BCUT2D eigenvalue weighted by atomic mass is 10.2. The lowest BCUT2D eigenvalue weighted by molar-refractivity contribution is 0.0912. The summed E-state index contributed by atoms with van der Waals surface area (Å²) in [5.41, 5.74) is 0.607. The minimum absolute atomic E-state index is 0.0340. The van der Waals surface area contributed by atoms with Crippen LogP contribution in [0.4, 0.5) is 0 Å². The van der Waals surface area contributed by atoms with Crippen LogP contribution in [0, 0.1) is 0 Å². The van der Waals surface area contributed by atoms with E-state index in [1.54, 1.807) is 23.0 Å². The van der Waals surface area contributed by atoms with Crippen molar-refractivity contribution in [1.82, 2.24) is 25.2 Å². The second-order valence-corrected chi connectivity index (χ2v) is 5.52. The Balaban J connectivity index is 1.57. The first-order valence-corrected chi connectivity index (χ1v) is 7.48. The first-order chi connectivity index (χ1) is 9.83. The van der Waals surface area contributed by atoms with E-state index in [0.717, 1.165) is 19.4 Å². The van der Waals surface area contributed by atoms with Gasteiger partial charge in [0.25, 0.3) is 0 Å². The van der Waals surface area contributed by atoms with Crippen LogP contribution in [0.3, 0.4) is 0 Å². The van der Waals surface area contributed by atoms with Crippen LogP contribution in [0.15, 0.2) is 23.5 Å². The summed E-state index contributed by atoms with van der Waals surface area (Å²) in [6.45, 7) is 1.45. The summed E-state index contributed by atoms with van der Waals surface area (Å²) in [5.74, 6) is 0.346. The van der Waals surface area contributed by atoms with Gasteiger partial charge in [0, 0.05) is 12.8 Å². The van der Waals surface area contributed by atoms with Gasteiger partial charge in [-0.15, -0.1) is 5.10 Å². The molecule has 1 N–H and O–H groups in total. The van der Waals surface area contributed by atoms with Crippen molar-refractivity contribution in [2.45, 2.75) is 30.6 Å². The van der Waals surface area contributed by atoms with Gasteiger partial charge in [0.15, 0.2) is 5.78 Å². The van der Waals surface area contributed by atoms with Gasteiger partial charge >= 0.3 is 0 Å². The van der Waals surface area contributed by atoms with Crippen molar-refractivity contribution in [3.63, 3.8) is 0 Å². The Morgan fingerprint density at radius 3 is 3.30 bits per heavy atom. The number of aromatic amines is 1. The molecule has 2 aromatic heterocycles. The van der Waals surface area contributed by atoms with Crippen LogP contribution >= 0.6 is 11.8 Å². The van der Waals surface area contributed by atoms with Crippen molar-refractivity contribution in [3.05, 3.63) is 24.0 Å². The van der Waals surface area contributed by atoms with Crippen molar-refractivity contribution in [1.29, 1.82) is 0 Å². The fourth-order valence-corrected chi connectivity index (χ4v) is 2.88. The Labute approximate surface area is 120 Å². The second kappa shape index (κ2) is 6.19. The summed E-state index contributed by atoms with van der Waals surface area (Å²) in [7, 11) is 0. The van der Waals surface area contributed by atoms with Gasteiger partial charge in [-0.3, -0.25) is 4.79 Å². The maximum atomic E-state index is 11.9. The molecule has 1 fully saturated rings. The first kappa shape index (κ1) is 13.3. The molecule has 1 aliphatic rings. The van der Waals surface area contributed by atoms with Gasteiger partial charge in [0.2, 0.25) is 5.16 Å². The number of hydrogen-bond acceptors (Lipinski definition) is 6. The minimum atomic E-state index is 0.0340. The Kier molecular flexibility index (Phi) is 4.12. The smallest absolute Gasteiger partial charge is 0.209 e. The largest absolute Gasteiger partial charge is 0.376 e. The molecule has 0 aliphatic carbocycles. The lowest BCUT2D eigenvalue weighted by Crippen LogP contribution is -2.17. The zero-order valence-corrected chi connectivity index (χ0v) is 11.7. The number of carbonyl (C=O) groups excluding carboxylic acids is 1. The molecule has 0 unspecified atom stereocenters. The molecule has 2 aromatic rings. The second-order valence-electron chi connectivity index (χ2n) is 4.57. The van der Waals surface area contributed by atoms with E-state index in [1.165, 1.54) is 11.8 Å². The minimum Gasteiger partial charge on any atom is -0.376 e. The molecule has 1 saturated heterocycles. The molecule has 0 amide bonds. The number of Topliss-reactive ketones (excluding diaryl/α,β-unsaturated/α-hetero) is 1. The van der Waals surface area contributed by atoms with Crippen LogP contribution in [0.5, 0.6) is 0 Å². The maximum absolute atomic E-state index is 11.9. The fraction of sp³-hybridized carbons (Fsp3) is 0.500. The molecule has 7 nitrogen and oxygen atoms in total. The van der Waals surface area contributed by atoms with Crippen molar-refractivity contribution >= 4 is 17.5 Å². The molecule has 8 heteroatoms. The quantitative estimate of drug-likeness (QED) is 0.635. The van der Waals surface area contributed by atoms with Gasteiger partial charge in [-0.2, -0.15) is 0 Å². The zero-order chi connectivity index (χ0) is 13.8. The number of tetrazole rings is 1. The third-order valence-electron chi connectivity index (χ3n) is 3.13. The molecular formula is C12H15N5O2S. The molecule has 20 heavy (non-hydrogen) atoms. The molecule has 0 aromatic carbocycles.